The molecule has 0 aliphatic heterocycles. The van der Waals surface area contributed by atoms with Gasteiger partial charge in [0.05, 0.1) is 6.61 Å². The fourth-order valence-electron chi connectivity index (χ4n) is 2.63. The third kappa shape index (κ3) is 3.04. The van der Waals surface area contributed by atoms with Gasteiger partial charge in [0.15, 0.2) is 0 Å². The van der Waals surface area contributed by atoms with Gasteiger partial charge in [-0.3, -0.25) is 4.79 Å². The maximum Gasteiger partial charge on any atom is 0.324 e. The summed E-state index contributed by atoms with van der Waals surface area (Å²) in [6.07, 6.45) is 1.69. The van der Waals surface area contributed by atoms with E-state index < -0.39 is 11.5 Å². The number of carboxylic acid groups (broad SMARTS) is 1. The molecule has 0 heterocycles. The van der Waals surface area contributed by atoms with Crippen LogP contribution in [0, 0.1) is 0 Å². The van der Waals surface area contributed by atoms with Gasteiger partial charge in [-0.1, -0.05) is 6.07 Å². The van der Waals surface area contributed by atoms with Crippen LogP contribution in [0.4, 0.5) is 0 Å². The molecule has 2 rings (SSSR count). The van der Waals surface area contributed by atoms with Crippen LogP contribution >= 0.6 is 0 Å². The van der Waals surface area contributed by atoms with E-state index in [-0.39, 0.29) is 6.10 Å². The zero-order valence-electron chi connectivity index (χ0n) is 11.9. The minimum absolute atomic E-state index is 0.0876. The van der Waals surface area contributed by atoms with E-state index in [2.05, 4.69) is 5.32 Å². The largest absolute Gasteiger partial charge is 0.494 e. The third-order valence-electron chi connectivity index (χ3n) is 3.78. The van der Waals surface area contributed by atoms with Crippen LogP contribution in [0.5, 0.6) is 11.5 Å². The zero-order valence-corrected chi connectivity index (χ0v) is 11.9. The molecule has 2 atom stereocenters. The molecule has 1 aromatic carbocycles. The molecule has 5 heteroatoms. The summed E-state index contributed by atoms with van der Waals surface area (Å²) in [4.78, 5) is 11.4. The first kappa shape index (κ1) is 14.7. The molecule has 0 spiro atoms. The molecule has 2 N–H and O–H groups in total. The van der Waals surface area contributed by atoms with Gasteiger partial charge in [-0.25, -0.2) is 0 Å². The fourth-order valence-corrected chi connectivity index (χ4v) is 2.63. The lowest BCUT2D eigenvalue weighted by atomic mass is 9.98. The molecule has 1 saturated carbocycles. The normalized spacial score (nSPS) is 25.4. The van der Waals surface area contributed by atoms with Gasteiger partial charge in [-0.05, 0) is 38.9 Å². The lowest BCUT2D eigenvalue weighted by molar-refractivity contribution is -0.144. The topological polar surface area (TPSA) is 67.8 Å². The lowest BCUT2D eigenvalue weighted by Gasteiger charge is -2.23. The summed E-state index contributed by atoms with van der Waals surface area (Å²) in [5.41, 5.74) is -0.859. The van der Waals surface area contributed by atoms with Crippen molar-refractivity contribution in [2.24, 2.45) is 0 Å². The van der Waals surface area contributed by atoms with Crippen molar-refractivity contribution in [3.8, 4) is 11.5 Å². The first-order valence-electron chi connectivity index (χ1n) is 6.91. The van der Waals surface area contributed by atoms with Crippen molar-refractivity contribution in [2.75, 3.05) is 13.7 Å². The highest BCUT2D eigenvalue weighted by atomic mass is 16.5. The van der Waals surface area contributed by atoms with Gasteiger partial charge < -0.3 is 19.9 Å². The van der Waals surface area contributed by atoms with Crippen molar-refractivity contribution in [2.45, 2.75) is 37.8 Å². The van der Waals surface area contributed by atoms with Crippen LogP contribution < -0.4 is 14.8 Å². The van der Waals surface area contributed by atoms with Crippen LogP contribution in [0.25, 0.3) is 0 Å². The Hall–Kier alpha value is -1.75. The molecule has 0 radical (unpaired) electrons. The fraction of sp³-hybridized carbons (Fsp3) is 0.533. The van der Waals surface area contributed by atoms with Crippen molar-refractivity contribution >= 4 is 5.97 Å². The number of hydrogen-bond acceptors (Lipinski definition) is 4. The predicted molar refractivity (Wildman–Crippen MR) is 75.3 cm³/mol. The molecule has 0 bridgehead atoms. The van der Waals surface area contributed by atoms with Gasteiger partial charge in [-0.15, -0.1) is 0 Å². The molecule has 2 unspecified atom stereocenters. The molecular weight excluding hydrogens is 258 g/mol. The first-order chi connectivity index (χ1) is 9.59. The highest BCUT2D eigenvalue weighted by Gasteiger charge is 2.45. The molecule has 0 saturated heterocycles. The van der Waals surface area contributed by atoms with Crippen LogP contribution in [0.2, 0.25) is 0 Å². The number of rotatable bonds is 6. The van der Waals surface area contributed by atoms with E-state index in [4.69, 9.17) is 9.47 Å². The van der Waals surface area contributed by atoms with Gasteiger partial charge in [0.2, 0.25) is 0 Å². The second-order valence-corrected chi connectivity index (χ2v) is 5.03. The quantitative estimate of drug-likeness (QED) is 0.834. The summed E-state index contributed by atoms with van der Waals surface area (Å²) < 4.78 is 11.3. The van der Waals surface area contributed by atoms with Gasteiger partial charge >= 0.3 is 5.97 Å². The van der Waals surface area contributed by atoms with E-state index in [9.17, 15) is 9.90 Å². The molecule has 110 valence electrons. The van der Waals surface area contributed by atoms with Crippen molar-refractivity contribution in [1.82, 2.24) is 5.32 Å². The van der Waals surface area contributed by atoms with E-state index in [1.54, 1.807) is 7.05 Å². The van der Waals surface area contributed by atoms with Crippen molar-refractivity contribution < 1.29 is 19.4 Å². The van der Waals surface area contributed by atoms with E-state index in [0.29, 0.717) is 19.4 Å². The van der Waals surface area contributed by atoms with Gasteiger partial charge in [0.25, 0.3) is 0 Å². The van der Waals surface area contributed by atoms with Crippen LogP contribution in [0.3, 0.4) is 0 Å². The number of carboxylic acids is 1. The standard InChI is InChI=1S/C15H21NO4/c1-3-19-11-5-4-6-12(9-11)20-13-7-8-15(10-13,16-2)14(17)18/h4-6,9,13,16H,3,7-8,10H2,1-2H3,(H,17,18). The summed E-state index contributed by atoms with van der Waals surface area (Å²) in [7, 11) is 1.69. The van der Waals surface area contributed by atoms with Gasteiger partial charge in [0.1, 0.15) is 23.1 Å². The minimum Gasteiger partial charge on any atom is -0.494 e. The molecular formula is C15H21NO4. The molecule has 1 aliphatic rings. The summed E-state index contributed by atoms with van der Waals surface area (Å²) in [5.74, 6) is 0.675. The van der Waals surface area contributed by atoms with Crippen molar-refractivity contribution in [3.63, 3.8) is 0 Å². The predicted octanol–water partition coefficient (Wildman–Crippen LogP) is 2.06. The van der Waals surface area contributed by atoms with E-state index in [0.717, 1.165) is 17.9 Å². The highest BCUT2D eigenvalue weighted by Crippen LogP contribution is 2.33. The first-order valence-corrected chi connectivity index (χ1v) is 6.91. The molecule has 1 aromatic rings. The highest BCUT2D eigenvalue weighted by molar-refractivity contribution is 5.79. The lowest BCUT2D eigenvalue weighted by Crippen LogP contribution is -2.48. The number of benzene rings is 1. The maximum atomic E-state index is 11.4. The SMILES string of the molecule is CCOc1cccc(OC2CCC(NC)(C(=O)O)C2)c1. The Kier molecular flexibility index (Phi) is 4.49. The summed E-state index contributed by atoms with van der Waals surface area (Å²) in [6.45, 7) is 2.54. The van der Waals surface area contributed by atoms with Gasteiger partial charge in [-0.2, -0.15) is 0 Å². The van der Waals surface area contributed by atoms with Gasteiger partial charge in [0, 0.05) is 12.5 Å². The van der Waals surface area contributed by atoms with Crippen molar-refractivity contribution in [1.29, 1.82) is 0 Å². The third-order valence-corrected chi connectivity index (χ3v) is 3.78. The van der Waals surface area contributed by atoms with Crippen LogP contribution in [0.1, 0.15) is 26.2 Å². The number of likely N-dealkylation sites (N-methyl/N-ethyl adjacent to an activating group) is 1. The number of nitrogens with one attached hydrogen (secondary N) is 1. The van der Waals surface area contributed by atoms with Crippen LogP contribution in [-0.2, 0) is 4.79 Å². The second kappa shape index (κ2) is 6.13. The number of carbonyl (C=O) groups is 1. The number of aliphatic carboxylic acids is 1. The summed E-state index contributed by atoms with van der Waals surface area (Å²) in [6, 6.07) is 7.45. The zero-order chi connectivity index (χ0) is 14.6. The Labute approximate surface area is 118 Å². The van der Waals surface area contributed by atoms with Crippen LogP contribution in [-0.4, -0.2) is 36.4 Å². The average Bonchev–Trinajstić information content (AvgIpc) is 2.84. The minimum atomic E-state index is -0.859. The molecule has 20 heavy (non-hydrogen) atoms. The number of hydrogen-bond donors (Lipinski definition) is 2. The second-order valence-electron chi connectivity index (χ2n) is 5.03. The summed E-state index contributed by atoms with van der Waals surface area (Å²) >= 11 is 0. The summed E-state index contributed by atoms with van der Waals surface area (Å²) in [5, 5.41) is 12.2. The van der Waals surface area contributed by atoms with E-state index in [1.807, 2.05) is 31.2 Å². The maximum absolute atomic E-state index is 11.4. The van der Waals surface area contributed by atoms with Crippen molar-refractivity contribution in [3.05, 3.63) is 24.3 Å². The van der Waals surface area contributed by atoms with Crippen LogP contribution in [0.15, 0.2) is 24.3 Å². The molecule has 5 nitrogen and oxygen atoms in total. The van der Waals surface area contributed by atoms with E-state index in [1.165, 1.54) is 0 Å². The Morgan fingerprint density at radius 3 is 2.85 bits per heavy atom. The molecule has 1 fully saturated rings. The smallest absolute Gasteiger partial charge is 0.324 e. The average molecular weight is 279 g/mol. The molecule has 1 aliphatic carbocycles. The Morgan fingerprint density at radius 1 is 1.50 bits per heavy atom. The Morgan fingerprint density at radius 2 is 2.25 bits per heavy atom. The molecule has 0 aromatic heterocycles. The Bertz CT molecular complexity index is 477. The number of ether oxygens (including phenoxy) is 2. The Balaban J connectivity index is 2.01. The molecule has 0 amide bonds. The van der Waals surface area contributed by atoms with E-state index >= 15 is 0 Å². The monoisotopic (exact) mass is 279 g/mol.